The second-order valence-electron chi connectivity index (χ2n) is 12.6. The van der Waals surface area contributed by atoms with Crippen LogP contribution in [0, 0.1) is 0 Å². The van der Waals surface area contributed by atoms with Crippen LogP contribution in [-0.4, -0.2) is 48.7 Å². The maximum atomic E-state index is 16.2. The minimum absolute atomic E-state index is 0.146. The van der Waals surface area contributed by atoms with Gasteiger partial charge in [-0.05, 0) is 86.9 Å². The van der Waals surface area contributed by atoms with Gasteiger partial charge < -0.3 is 19.3 Å². The lowest BCUT2D eigenvalue weighted by atomic mass is 9.97. The molecular weight excluding hydrogens is 688 g/mol. The van der Waals surface area contributed by atoms with E-state index in [1.54, 1.807) is 29.8 Å². The van der Waals surface area contributed by atoms with E-state index in [0.29, 0.717) is 5.75 Å². The van der Waals surface area contributed by atoms with Crippen molar-refractivity contribution in [3.05, 3.63) is 134 Å². The van der Waals surface area contributed by atoms with Crippen LogP contribution >= 0.6 is 29.8 Å². The van der Waals surface area contributed by atoms with E-state index in [2.05, 4.69) is 97.9 Å². The Hall–Kier alpha value is -4.26. The normalized spacial score (nSPS) is 16.3. The molecule has 3 aromatic carbocycles. The van der Waals surface area contributed by atoms with E-state index in [1.165, 1.54) is 11.4 Å². The first kappa shape index (κ1) is 35.2. The van der Waals surface area contributed by atoms with Gasteiger partial charge in [-0.3, -0.25) is 0 Å². The Morgan fingerprint density at radius 3 is 2.14 bits per heavy atom. The summed E-state index contributed by atoms with van der Waals surface area (Å²) < 4.78 is 26.6. The lowest BCUT2D eigenvalue weighted by Crippen LogP contribution is -2.38. The highest BCUT2D eigenvalue weighted by Gasteiger charge is 2.41. The Bertz CT molecular complexity index is 2320. The first-order valence-corrected chi connectivity index (χ1v) is 21.0. The number of methoxy groups -OCH3 is 1. The minimum atomic E-state index is -3.34. The van der Waals surface area contributed by atoms with Gasteiger partial charge in [-0.25, -0.2) is 4.58 Å². The van der Waals surface area contributed by atoms with Crippen LogP contribution in [0.2, 0.25) is 0 Å². The highest BCUT2D eigenvalue weighted by atomic mass is 32.1. The van der Waals surface area contributed by atoms with Crippen LogP contribution in [0.5, 0.6) is 5.75 Å². The monoisotopic (exact) mass is 731 g/mol. The number of thiophene rings is 2. The second kappa shape index (κ2) is 14.8. The van der Waals surface area contributed by atoms with Gasteiger partial charge in [0.05, 0.1) is 13.7 Å². The molecule has 1 atom stereocenters. The summed E-state index contributed by atoms with van der Waals surface area (Å²) in [4.78, 5) is 4.35. The molecule has 3 heterocycles. The number of anilines is 1. The van der Waals surface area contributed by atoms with Crippen molar-refractivity contribution in [2.45, 2.75) is 34.3 Å². The molecule has 5 aromatic rings. The van der Waals surface area contributed by atoms with Crippen molar-refractivity contribution in [1.82, 2.24) is 0 Å². The Kier molecular flexibility index (Phi) is 10.2. The number of hydrogen-bond donors (Lipinski definition) is 1. The van der Waals surface area contributed by atoms with Gasteiger partial charge in [0, 0.05) is 76.8 Å². The lowest BCUT2D eigenvalue weighted by Gasteiger charge is -2.26. The number of fused-ring (bicyclic) bond motifs is 2. The van der Waals surface area contributed by atoms with Gasteiger partial charge in [-0.1, -0.05) is 54.6 Å². The van der Waals surface area contributed by atoms with Crippen molar-refractivity contribution >= 4 is 68.3 Å². The summed E-state index contributed by atoms with van der Waals surface area (Å²) in [7, 11) is -1.66. The molecule has 0 spiro atoms. The van der Waals surface area contributed by atoms with Crippen LogP contribution in [-0.2, 0) is 11.2 Å². The summed E-state index contributed by atoms with van der Waals surface area (Å²) in [5, 5.41) is 13.2. The Balaban J connectivity index is 1.56. The van der Waals surface area contributed by atoms with Crippen molar-refractivity contribution in [2.75, 3.05) is 38.2 Å². The molecule has 1 N–H and O–H groups in total. The zero-order chi connectivity index (χ0) is 35.7. The largest absolute Gasteiger partial charge is 0.496 e. The first-order chi connectivity index (χ1) is 24.9. The summed E-state index contributed by atoms with van der Waals surface area (Å²) in [5.74, 6) is 0.682. The maximum Gasteiger partial charge on any atom is 0.199 e. The molecule has 0 radical (unpaired) electrons. The van der Waals surface area contributed by atoms with Crippen LogP contribution in [0.3, 0.4) is 0 Å². The average molecular weight is 732 g/mol. The number of nitrogens with zero attached hydrogens (tertiary/aromatic N) is 2. The molecule has 0 bridgehead atoms. The molecule has 260 valence electrons. The molecule has 51 heavy (non-hydrogen) atoms. The number of allylic oxidation sites excluding steroid dienone is 4. The third-order valence-corrected chi connectivity index (χ3v) is 15.8. The van der Waals surface area contributed by atoms with Crippen molar-refractivity contribution in [1.29, 1.82) is 0 Å². The van der Waals surface area contributed by atoms with Gasteiger partial charge in [0.15, 0.2) is 12.9 Å². The molecule has 0 saturated carbocycles. The number of hydrogen-bond acceptors (Lipinski definition) is 6. The van der Waals surface area contributed by atoms with Crippen molar-refractivity contribution in [2.24, 2.45) is 0 Å². The zero-order valence-electron chi connectivity index (χ0n) is 29.8. The second-order valence-corrected chi connectivity index (χ2v) is 17.4. The van der Waals surface area contributed by atoms with Crippen molar-refractivity contribution in [3.63, 3.8) is 0 Å². The zero-order valence-corrected chi connectivity index (χ0v) is 32.4. The number of aliphatic hydroxyl groups excluding tert-OH is 1. The fourth-order valence-corrected chi connectivity index (χ4v) is 13.6. The fraction of sp³-hybridized carbons (Fsp3) is 0.233. The molecule has 1 unspecified atom stereocenters. The van der Waals surface area contributed by atoms with Crippen LogP contribution in [0.15, 0.2) is 109 Å². The fourth-order valence-electron chi connectivity index (χ4n) is 7.26. The Labute approximate surface area is 308 Å². The first-order valence-electron chi connectivity index (χ1n) is 17.7. The van der Waals surface area contributed by atoms with Crippen LogP contribution in [0.4, 0.5) is 5.69 Å². The molecule has 1 aliphatic carbocycles. The van der Waals surface area contributed by atoms with E-state index in [0.717, 1.165) is 88.7 Å². The van der Waals surface area contributed by atoms with Crippen molar-refractivity contribution < 1.29 is 19.0 Å². The average Bonchev–Trinajstić information content (AvgIpc) is 3.84. The van der Waals surface area contributed by atoms with Gasteiger partial charge in [-0.15, -0.1) is 22.7 Å². The molecular formula is C43H44N2O3PS2+. The van der Waals surface area contributed by atoms with Crippen molar-refractivity contribution in [3.8, 4) is 16.2 Å². The quantitative estimate of drug-likeness (QED) is 0.125. The van der Waals surface area contributed by atoms with Gasteiger partial charge in [0.25, 0.3) is 0 Å². The van der Waals surface area contributed by atoms with Gasteiger partial charge in [0.1, 0.15) is 18.8 Å². The van der Waals surface area contributed by atoms with E-state index in [1.807, 2.05) is 48.5 Å². The molecule has 0 saturated heterocycles. The van der Waals surface area contributed by atoms with Gasteiger partial charge in [-0.2, -0.15) is 0 Å². The summed E-state index contributed by atoms with van der Waals surface area (Å²) in [6.07, 6.45) is 8.72. The standard InChI is InChI=1S/C43H44N2O3PS2/c1-6-44(7-2)32-22-18-29(19-23-32)38-26-36-42(50-38)41(40-31(28-46)14-13-17-35(40)48-5)43-37(49(36,47)34-15-11-10-12-16-34)27-39(51-43)30-20-24-33(25-21-30)45(8-3)9-4/h10-27,46H,6-9,28H2,1-5H3/q+1. The number of aliphatic hydroxyl groups is 1. The molecule has 5 nitrogen and oxygen atoms in total. The summed E-state index contributed by atoms with van der Waals surface area (Å²) in [6.45, 7) is 12.3. The Morgan fingerprint density at radius 2 is 1.51 bits per heavy atom. The third-order valence-electron chi connectivity index (χ3n) is 9.99. The van der Waals surface area contributed by atoms with E-state index < -0.39 is 7.14 Å². The molecule has 7 rings (SSSR count). The number of rotatable bonds is 10. The SMILES string of the molecule is CCN(CC)c1ccc(-c2cc3c(s2)C(c2c(CO)cccc2OC)=c2sc(=C4C=CC(=[N+](CC)CC)C=C4)cc2P3(=O)c2ccccc2)cc1. The van der Waals surface area contributed by atoms with Gasteiger partial charge >= 0.3 is 0 Å². The van der Waals surface area contributed by atoms with Crippen LogP contribution < -0.4 is 34.6 Å². The highest BCUT2D eigenvalue weighted by molar-refractivity contribution is 7.86. The Morgan fingerprint density at radius 1 is 0.804 bits per heavy atom. The molecule has 2 aliphatic rings. The van der Waals surface area contributed by atoms with Crippen LogP contribution in [0.1, 0.15) is 43.7 Å². The molecule has 0 fully saturated rings. The third kappa shape index (κ3) is 6.10. The van der Waals surface area contributed by atoms with Crippen LogP contribution in [0.25, 0.3) is 21.6 Å². The van der Waals surface area contributed by atoms with E-state index >= 15 is 4.57 Å². The van der Waals surface area contributed by atoms with Gasteiger partial charge in [0.2, 0.25) is 0 Å². The minimum Gasteiger partial charge on any atom is -0.496 e. The maximum absolute atomic E-state index is 16.2. The number of benzene rings is 3. The summed E-state index contributed by atoms with van der Waals surface area (Å²) in [5.41, 5.74) is 7.14. The molecule has 0 amide bonds. The van der Waals surface area contributed by atoms with E-state index in [9.17, 15) is 5.11 Å². The predicted octanol–water partition coefficient (Wildman–Crippen LogP) is 6.79. The lowest BCUT2D eigenvalue weighted by molar-refractivity contribution is -0.519. The predicted molar refractivity (Wildman–Crippen MR) is 218 cm³/mol. The summed E-state index contributed by atoms with van der Waals surface area (Å²) in [6, 6.07) is 28.8. The topological polar surface area (TPSA) is 52.8 Å². The molecule has 8 heteroatoms. The van der Waals surface area contributed by atoms with E-state index in [-0.39, 0.29) is 6.61 Å². The highest BCUT2D eigenvalue weighted by Crippen LogP contribution is 2.51. The summed E-state index contributed by atoms with van der Waals surface area (Å²) >= 11 is 3.34. The van der Waals surface area contributed by atoms with E-state index in [4.69, 9.17) is 4.74 Å². The smallest absolute Gasteiger partial charge is 0.199 e. The molecule has 2 aromatic heterocycles. The molecule has 1 aliphatic heterocycles. The number of ether oxygens (including phenoxy) is 1.